The molecular formula is C89H76O6P2. The molecule has 0 N–H and O–H groups in total. The van der Waals surface area contributed by atoms with Crippen LogP contribution in [0.5, 0.6) is 23.0 Å². The molecule has 0 amide bonds. The van der Waals surface area contributed by atoms with Crippen LogP contribution in [-0.2, 0) is 28.1 Å². The molecule has 0 aliphatic heterocycles. The summed E-state index contributed by atoms with van der Waals surface area (Å²) in [7, 11) is -4.31. The average molecular weight is 1300 g/mol. The largest absolute Gasteiger partial charge is 0.530 e. The van der Waals surface area contributed by atoms with Crippen LogP contribution in [0.3, 0.4) is 0 Å². The van der Waals surface area contributed by atoms with Gasteiger partial charge in [0, 0.05) is 97.8 Å². The molecule has 1 atom stereocenters. The van der Waals surface area contributed by atoms with E-state index in [1.165, 1.54) is 44.1 Å². The number of rotatable bonds is 17. The Labute approximate surface area is 580 Å². The molecule has 478 valence electrons. The zero-order valence-electron chi connectivity index (χ0n) is 57.6. The van der Waals surface area contributed by atoms with Gasteiger partial charge in [0.05, 0.1) is 0 Å². The normalized spacial score (nSPS) is 10.4. The van der Waals surface area contributed by atoms with Crippen LogP contribution in [0.2, 0.25) is 0 Å². The summed E-state index contributed by atoms with van der Waals surface area (Å²) in [6.07, 6.45) is 14.7. The zero-order valence-corrected chi connectivity index (χ0v) is 59.4. The highest BCUT2D eigenvalue weighted by Gasteiger charge is 2.35. The Morgan fingerprint density at radius 2 is 0.763 bits per heavy atom. The van der Waals surface area contributed by atoms with E-state index in [1.54, 1.807) is 0 Å². The van der Waals surface area contributed by atoms with E-state index in [9.17, 15) is 0 Å². The first-order chi connectivity index (χ1) is 46.6. The summed E-state index contributed by atoms with van der Waals surface area (Å²) in [5, 5.41) is 1.85. The Hall–Kier alpha value is -11.3. The summed E-state index contributed by atoms with van der Waals surface area (Å²) >= 11 is 0. The summed E-state index contributed by atoms with van der Waals surface area (Å²) in [5.41, 5.74) is 7.72. The lowest BCUT2D eigenvalue weighted by atomic mass is 9.75. The third-order valence-electron chi connectivity index (χ3n) is 14.5. The molecule has 1 unspecified atom stereocenters. The first-order valence-corrected chi connectivity index (χ1v) is 34.2. The van der Waals surface area contributed by atoms with E-state index in [2.05, 4.69) is 298 Å². The van der Waals surface area contributed by atoms with Crippen molar-refractivity contribution >= 4 is 38.8 Å². The van der Waals surface area contributed by atoms with E-state index in [1.807, 2.05) is 72.8 Å². The van der Waals surface area contributed by atoms with Gasteiger partial charge in [0.15, 0.2) is 0 Å². The maximum Gasteiger partial charge on any atom is 0.530 e. The molecule has 1 aromatic heterocycles. The molecule has 0 saturated heterocycles. The molecule has 7 aromatic rings. The van der Waals surface area contributed by atoms with Gasteiger partial charge in [-0.25, -0.2) is 0 Å². The van der Waals surface area contributed by atoms with E-state index in [0.29, 0.717) is 39.7 Å². The second kappa shape index (κ2) is 36.4. The topological polar surface area (TPSA) is 63.2 Å². The lowest BCUT2D eigenvalue weighted by molar-refractivity contribution is 0.382. The number of terminal acetylenes is 1. The average Bonchev–Trinajstić information content (AvgIpc) is 1.08. The van der Waals surface area contributed by atoms with Gasteiger partial charge >= 0.3 is 16.8 Å². The summed E-state index contributed by atoms with van der Waals surface area (Å²) in [6.45, 7) is 29.0. The first kappa shape index (κ1) is 73.1. The van der Waals surface area contributed by atoms with E-state index in [-0.39, 0.29) is 10.8 Å². The lowest BCUT2D eigenvalue weighted by Gasteiger charge is -2.32. The third kappa shape index (κ3) is 23.9. The molecule has 0 fully saturated rings. The third-order valence-corrected chi connectivity index (χ3v) is 16.6. The van der Waals surface area contributed by atoms with Gasteiger partial charge in [-0.15, -0.1) is 6.42 Å². The van der Waals surface area contributed by atoms with Gasteiger partial charge in [0.1, 0.15) is 34.2 Å². The fourth-order valence-corrected chi connectivity index (χ4v) is 11.6. The number of hydrogen-bond acceptors (Lipinski definition) is 6. The van der Waals surface area contributed by atoms with Crippen LogP contribution < -0.4 is 18.1 Å². The van der Waals surface area contributed by atoms with Crippen molar-refractivity contribution in [1.82, 2.24) is 0 Å². The highest BCUT2D eigenvalue weighted by Crippen LogP contribution is 2.55. The van der Waals surface area contributed by atoms with Crippen LogP contribution in [0.4, 0.5) is 0 Å². The fourth-order valence-electron chi connectivity index (χ4n) is 9.43. The molecule has 7 rings (SSSR count). The van der Waals surface area contributed by atoms with Crippen molar-refractivity contribution in [1.29, 1.82) is 0 Å². The Kier molecular flexibility index (Phi) is 27.4. The van der Waals surface area contributed by atoms with Crippen LogP contribution in [0.1, 0.15) is 168 Å². The lowest BCUT2D eigenvalue weighted by Crippen LogP contribution is -2.20. The fraction of sp³-hybridized carbons (Fsp3) is 0.281. The van der Waals surface area contributed by atoms with Crippen LogP contribution >= 0.6 is 16.8 Å². The highest BCUT2D eigenvalue weighted by molar-refractivity contribution is 7.43. The number of fused-ring (bicyclic) bond motifs is 3. The molecule has 0 aliphatic rings. The molecule has 0 bridgehead atoms. The standard InChI is InChI=1S/C89H76O6P2/c1-15-17-19-21-23-24-25-26-27-28-29-30-31-32-33-34-35-36-37-38-39-40-41-43-45-47-53-71-60-64-75(65-61-71)91-96(90-74-62-58-70(59-63-74)52-46-44-42-22-20-18-16-2)94-84-78(66-72(86(3,4)5)68-80(84)88(9,10)11)79-67-73(87(6,7)8)69-81(89(12,13)14)85(79)95-97-92-82-56-50-48-54-76(82)77-55-49-51-57-83(77)93-97/h1,48-51,54-69H,16,18,20,22,42,44,46,52H2,2-14H3. The summed E-state index contributed by atoms with van der Waals surface area (Å²) in [4.78, 5) is 0. The monoisotopic (exact) mass is 1300 g/mol. The first-order valence-electron chi connectivity index (χ1n) is 32.0. The maximum atomic E-state index is 7.51. The number of para-hydroxylation sites is 2. The van der Waals surface area contributed by atoms with Gasteiger partial charge in [-0.05, 0) is 207 Å². The van der Waals surface area contributed by atoms with Crippen molar-refractivity contribution in [3.63, 3.8) is 0 Å². The molecule has 97 heavy (non-hydrogen) atoms. The molecule has 0 aliphatic carbocycles. The van der Waals surface area contributed by atoms with Crippen LogP contribution in [0.15, 0.2) is 130 Å². The molecule has 6 nitrogen and oxygen atoms in total. The summed E-state index contributed by atoms with van der Waals surface area (Å²) in [6, 6.07) is 40.8. The van der Waals surface area contributed by atoms with Crippen molar-refractivity contribution < 1.29 is 26.5 Å². The van der Waals surface area contributed by atoms with Gasteiger partial charge in [-0.3, -0.25) is 0 Å². The predicted molar refractivity (Wildman–Crippen MR) is 401 cm³/mol. The van der Waals surface area contributed by atoms with Gasteiger partial charge < -0.3 is 26.5 Å². The van der Waals surface area contributed by atoms with E-state index in [4.69, 9.17) is 32.9 Å². The van der Waals surface area contributed by atoms with Crippen molar-refractivity contribution in [2.75, 3.05) is 0 Å². The molecule has 6 aromatic carbocycles. The van der Waals surface area contributed by atoms with Gasteiger partial charge in [0.25, 0.3) is 0 Å². The minimum absolute atomic E-state index is 0.275. The smallest absolute Gasteiger partial charge is 0.409 e. The van der Waals surface area contributed by atoms with Crippen LogP contribution in [0.25, 0.3) is 33.1 Å². The van der Waals surface area contributed by atoms with E-state index >= 15 is 0 Å². The van der Waals surface area contributed by atoms with Crippen molar-refractivity contribution in [2.24, 2.45) is 0 Å². The van der Waals surface area contributed by atoms with E-state index < -0.39 is 27.7 Å². The Morgan fingerprint density at radius 1 is 0.392 bits per heavy atom. The van der Waals surface area contributed by atoms with Crippen molar-refractivity contribution in [2.45, 2.75) is 163 Å². The van der Waals surface area contributed by atoms with Gasteiger partial charge in [-0.2, -0.15) is 0 Å². The maximum absolute atomic E-state index is 7.51. The predicted octanol–water partition coefficient (Wildman–Crippen LogP) is 20.1. The second-order valence-corrected chi connectivity index (χ2v) is 28.2. The van der Waals surface area contributed by atoms with Gasteiger partial charge in [0.2, 0.25) is 0 Å². The number of unbranched alkanes of at least 4 members (excludes halogenated alkanes) is 6. The summed E-state index contributed by atoms with van der Waals surface area (Å²) < 4.78 is 42.5. The zero-order chi connectivity index (χ0) is 69.5. The van der Waals surface area contributed by atoms with Crippen LogP contribution in [0, 0.1) is 166 Å². The Bertz CT molecular complexity index is 4960. The minimum Gasteiger partial charge on any atom is -0.409 e. The SMILES string of the molecule is C#CC#CC#CC#CC#CC#CC#CC#CC#CC#CC#CC#CC#CC#Cc1ccc(OP(Oc2ccc(CCCCCCCCC)cc2)Oc2c(-c3cc(C(C)(C)C)cc(C(C)(C)C)c3Op3oc4ccccc4c4ccccc4o3)cc(C(C)(C)C)cc2C(C)(C)C)cc1. The van der Waals surface area contributed by atoms with Crippen molar-refractivity contribution in [3.8, 4) is 200 Å². The van der Waals surface area contributed by atoms with E-state index in [0.717, 1.165) is 57.0 Å². The molecule has 0 saturated carbocycles. The second-order valence-electron chi connectivity index (χ2n) is 26.2. The Balaban J connectivity index is 1.22. The van der Waals surface area contributed by atoms with Gasteiger partial charge in [-0.1, -0.05) is 195 Å². The minimum atomic E-state index is -2.23. The molecule has 8 heteroatoms. The molecule has 1 heterocycles. The van der Waals surface area contributed by atoms with Crippen LogP contribution in [-0.4, -0.2) is 0 Å². The number of benzene rings is 6. The highest BCUT2D eigenvalue weighted by atomic mass is 31.2. The quantitative estimate of drug-likeness (QED) is 0.0514. The summed E-state index contributed by atoms with van der Waals surface area (Å²) in [5.74, 6) is 72.0. The molecule has 0 spiro atoms. The Morgan fingerprint density at radius 3 is 1.18 bits per heavy atom. The molecular weight excluding hydrogens is 1230 g/mol. The number of hydrogen-bond donors (Lipinski definition) is 0. The molecule has 0 radical (unpaired) electrons. The number of aryl methyl sites for hydroxylation is 1. The van der Waals surface area contributed by atoms with Crippen molar-refractivity contribution in [3.05, 3.63) is 155 Å².